The monoisotopic (exact) mass is 281 g/mol. The van der Waals surface area contributed by atoms with Crippen molar-refractivity contribution in [1.29, 1.82) is 5.26 Å². The number of hydrogen-bond donors (Lipinski definition) is 1. The number of anilines is 1. The van der Waals surface area contributed by atoms with Gasteiger partial charge in [0.05, 0.1) is 23.5 Å². The number of nitrogens with two attached hydrogens (primary N) is 1. The molecule has 2 heterocycles. The van der Waals surface area contributed by atoms with Crippen molar-refractivity contribution in [3.8, 4) is 23.3 Å². The average Bonchev–Trinajstić information content (AvgIpc) is 2.97. The highest BCUT2D eigenvalue weighted by molar-refractivity contribution is 5.54. The van der Waals surface area contributed by atoms with Crippen molar-refractivity contribution in [3.05, 3.63) is 47.9 Å². The molecule has 3 rings (SSSR count). The van der Waals surface area contributed by atoms with Crippen molar-refractivity contribution >= 4 is 5.69 Å². The number of nitriles is 1. The SMILES string of the molecule is N#Cc1cc(N)cc(-n2nnc(-c3ccc(F)cn3)n2)c1. The summed E-state index contributed by atoms with van der Waals surface area (Å²) in [6.45, 7) is 0. The van der Waals surface area contributed by atoms with Gasteiger partial charge in [0, 0.05) is 5.69 Å². The predicted molar refractivity (Wildman–Crippen MR) is 71.5 cm³/mol. The Balaban J connectivity index is 2.00. The maximum atomic E-state index is 12.8. The van der Waals surface area contributed by atoms with Gasteiger partial charge >= 0.3 is 0 Å². The van der Waals surface area contributed by atoms with Crippen LogP contribution < -0.4 is 5.73 Å². The topological polar surface area (TPSA) is 106 Å². The molecule has 102 valence electrons. The van der Waals surface area contributed by atoms with Gasteiger partial charge in [0.1, 0.15) is 11.5 Å². The van der Waals surface area contributed by atoms with Crippen LogP contribution in [0.2, 0.25) is 0 Å². The van der Waals surface area contributed by atoms with Gasteiger partial charge < -0.3 is 5.73 Å². The van der Waals surface area contributed by atoms with Crippen molar-refractivity contribution < 1.29 is 4.39 Å². The molecule has 0 aliphatic rings. The molecular weight excluding hydrogens is 273 g/mol. The maximum absolute atomic E-state index is 12.8. The van der Waals surface area contributed by atoms with E-state index >= 15 is 0 Å². The van der Waals surface area contributed by atoms with Crippen molar-refractivity contribution in [2.24, 2.45) is 0 Å². The fraction of sp³-hybridized carbons (Fsp3) is 0. The number of nitrogens with zero attached hydrogens (tertiary/aromatic N) is 6. The van der Waals surface area contributed by atoms with Crippen molar-refractivity contribution in [2.75, 3.05) is 5.73 Å². The Morgan fingerprint density at radius 1 is 1.24 bits per heavy atom. The average molecular weight is 281 g/mol. The van der Waals surface area contributed by atoms with E-state index in [9.17, 15) is 4.39 Å². The minimum atomic E-state index is -0.444. The molecule has 0 radical (unpaired) electrons. The molecule has 0 saturated carbocycles. The highest BCUT2D eigenvalue weighted by Crippen LogP contribution is 2.16. The lowest BCUT2D eigenvalue weighted by molar-refractivity contribution is 0.621. The van der Waals surface area contributed by atoms with E-state index in [0.29, 0.717) is 22.6 Å². The van der Waals surface area contributed by atoms with Crippen LogP contribution in [-0.2, 0) is 0 Å². The lowest BCUT2D eigenvalue weighted by Gasteiger charge is -2.00. The normalized spacial score (nSPS) is 10.3. The van der Waals surface area contributed by atoms with Gasteiger partial charge in [0.2, 0.25) is 5.82 Å². The second-order valence-electron chi connectivity index (χ2n) is 4.19. The van der Waals surface area contributed by atoms with Crippen LogP contribution in [-0.4, -0.2) is 25.2 Å². The predicted octanol–water partition coefficient (Wildman–Crippen LogP) is 1.32. The number of tetrazole rings is 1. The highest BCUT2D eigenvalue weighted by Gasteiger charge is 2.10. The van der Waals surface area contributed by atoms with E-state index < -0.39 is 5.82 Å². The molecule has 2 aromatic heterocycles. The standard InChI is InChI=1S/C13H8FN7/c14-9-1-2-12(17-7-9)13-18-20-21(19-13)11-4-8(6-15)3-10(16)5-11/h1-5,7H,16H2. The van der Waals surface area contributed by atoms with E-state index in [1.807, 2.05) is 6.07 Å². The summed E-state index contributed by atoms with van der Waals surface area (Å²) in [5.74, 6) is -0.198. The van der Waals surface area contributed by atoms with Gasteiger partial charge in [-0.05, 0) is 35.5 Å². The Bertz CT molecular complexity index is 832. The van der Waals surface area contributed by atoms with Gasteiger partial charge in [-0.15, -0.1) is 15.0 Å². The second-order valence-corrected chi connectivity index (χ2v) is 4.19. The first kappa shape index (κ1) is 12.7. The molecule has 0 saturated heterocycles. The van der Waals surface area contributed by atoms with Gasteiger partial charge in [-0.1, -0.05) is 0 Å². The summed E-state index contributed by atoms with van der Waals surface area (Å²) >= 11 is 0. The maximum Gasteiger partial charge on any atom is 0.223 e. The minimum Gasteiger partial charge on any atom is -0.399 e. The van der Waals surface area contributed by atoms with E-state index in [1.165, 1.54) is 16.9 Å². The van der Waals surface area contributed by atoms with Gasteiger partial charge in [0.25, 0.3) is 0 Å². The smallest absolute Gasteiger partial charge is 0.223 e. The number of rotatable bonds is 2. The first-order valence-corrected chi connectivity index (χ1v) is 5.89. The van der Waals surface area contributed by atoms with Crippen LogP contribution in [0.1, 0.15) is 5.56 Å². The van der Waals surface area contributed by atoms with E-state index in [-0.39, 0.29) is 5.82 Å². The largest absolute Gasteiger partial charge is 0.399 e. The molecule has 0 atom stereocenters. The molecule has 3 aromatic rings. The van der Waals surface area contributed by atoms with Crippen LogP contribution in [0.4, 0.5) is 10.1 Å². The lowest BCUT2D eigenvalue weighted by atomic mass is 10.2. The van der Waals surface area contributed by atoms with Crippen LogP contribution in [0, 0.1) is 17.1 Å². The summed E-state index contributed by atoms with van der Waals surface area (Å²) in [5.41, 5.74) is 7.43. The Hall–Kier alpha value is -3.34. The zero-order chi connectivity index (χ0) is 14.8. The molecule has 0 unspecified atom stereocenters. The Morgan fingerprint density at radius 2 is 2.10 bits per heavy atom. The number of aromatic nitrogens is 5. The van der Waals surface area contributed by atoms with E-state index in [1.54, 1.807) is 18.2 Å². The van der Waals surface area contributed by atoms with Crippen molar-refractivity contribution in [1.82, 2.24) is 25.2 Å². The van der Waals surface area contributed by atoms with Crippen LogP contribution in [0.25, 0.3) is 17.2 Å². The van der Waals surface area contributed by atoms with E-state index in [4.69, 9.17) is 11.0 Å². The third kappa shape index (κ3) is 2.52. The van der Waals surface area contributed by atoms with Crippen LogP contribution >= 0.6 is 0 Å². The first-order valence-electron chi connectivity index (χ1n) is 5.89. The van der Waals surface area contributed by atoms with Gasteiger partial charge in [-0.2, -0.15) is 5.26 Å². The van der Waals surface area contributed by atoms with Crippen LogP contribution in [0.3, 0.4) is 0 Å². The molecule has 0 aliphatic carbocycles. The quantitative estimate of drug-likeness (QED) is 0.710. The van der Waals surface area contributed by atoms with Crippen molar-refractivity contribution in [3.63, 3.8) is 0 Å². The third-order valence-corrected chi connectivity index (χ3v) is 2.67. The number of pyridine rings is 1. The third-order valence-electron chi connectivity index (χ3n) is 2.67. The molecule has 0 amide bonds. The fourth-order valence-electron chi connectivity index (χ4n) is 1.75. The summed E-state index contributed by atoms with van der Waals surface area (Å²) < 4.78 is 12.8. The number of benzene rings is 1. The van der Waals surface area contributed by atoms with E-state index in [0.717, 1.165) is 6.20 Å². The molecule has 21 heavy (non-hydrogen) atoms. The number of halogens is 1. The van der Waals surface area contributed by atoms with Gasteiger partial charge in [-0.3, -0.25) is 0 Å². The molecule has 0 bridgehead atoms. The minimum absolute atomic E-state index is 0.246. The molecular formula is C13H8FN7. The highest BCUT2D eigenvalue weighted by atomic mass is 19.1. The molecule has 1 aromatic carbocycles. The fourth-order valence-corrected chi connectivity index (χ4v) is 1.75. The molecule has 0 spiro atoms. The second kappa shape index (κ2) is 4.97. The molecule has 2 N–H and O–H groups in total. The summed E-state index contributed by atoms with van der Waals surface area (Å²) in [6, 6.07) is 9.46. The lowest BCUT2D eigenvalue weighted by Crippen LogP contribution is -2.01. The molecule has 7 nitrogen and oxygen atoms in total. The van der Waals surface area contributed by atoms with Crippen LogP contribution in [0.15, 0.2) is 36.5 Å². The van der Waals surface area contributed by atoms with Crippen molar-refractivity contribution in [2.45, 2.75) is 0 Å². The Kier molecular flexibility index (Phi) is 3.00. The summed E-state index contributed by atoms with van der Waals surface area (Å²) in [7, 11) is 0. The molecule has 0 aliphatic heterocycles. The molecule has 8 heteroatoms. The summed E-state index contributed by atoms with van der Waals surface area (Å²) in [6.07, 6.45) is 1.07. The molecule has 0 fully saturated rings. The van der Waals surface area contributed by atoms with Gasteiger partial charge in [0.15, 0.2) is 0 Å². The zero-order valence-corrected chi connectivity index (χ0v) is 10.6. The number of nitrogen functional groups attached to an aromatic ring is 1. The van der Waals surface area contributed by atoms with Crippen LogP contribution in [0.5, 0.6) is 0 Å². The first-order chi connectivity index (χ1) is 10.2. The number of hydrogen-bond acceptors (Lipinski definition) is 6. The Morgan fingerprint density at radius 3 is 2.81 bits per heavy atom. The summed E-state index contributed by atoms with van der Waals surface area (Å²) in [4.78, 5) is 5.11. The summed E-state index contributed by atoms with van der Waals surface area (Å²) in [5, 5.41) is 20.8. The van der Waals surface area contributed by atoms with Gasteiger partial charge in [-0.25, -0.2) is 9.37 Å². The zero-order valence-electron chi connectivity index (χ0n) is 10.6. The van der Waals surface area contributed by atoms with E-state index in [2.05, 4.69) is 20.4 Å². The Labute approximate surface area is 118 Å².